The number of hydrogen-bond donors (Lipinski definition) is 1. The molecule has 0 radical (unpaired) electrons. The zero-order chi connectivity index (χ0) is 30.6. The Balaban J connectivity index is 0.000000343. The molecule has 0 saturated carbocycles. The highest BCUT2D eigenvalue weighted by Crippen LogP contribution is 2.21. The summed E-state index contributed by atoms with van der Waals surface area (Å²) in [6, 6.07) is 9.21. The summed E-state index contributed by atoms with van der Waals surface area (Å²) in [7, 11) is -2.24. The van der Waals surface area contributed by atoms with Crippen molar-refractivity contribution in [3.63, 3.8) is 0 Å². The van der Waals surface area contributed by atoms with E-state index in [9.17, 15) is 0 Å². The Labute approximate surface area is 264 Å². The molecule has 16 heteroatoms. The zero-order valence-corrected chi connectivity index (χ0v) is 29.5. The molecule has 0 unspecified atom stereocenters. The summed E-state index contributed by atoms with van der Waals surface area (Å²) in [5.74, 6) is 1.32. The Kier molecular flexibility index (Phi) is 14.6. The van der Waals surface area contributed by atoms with Crippen molar-refractivity contribution in [2.24, 2.45) is 0 Å². The van der Waals surface area contributed by atoms with Gasteiger partial charge in [0.25, 0.3) is 0 Å². The van der Waals surface area contributed by atoms with Gasteiger partial charge in [0.2, 0.25) is 0 Å². The maximum Gasteiger partial charge on any atom is 0.159 e. The molecule has 0 aliphatic heterocycles. The van der Waals surface area contributed by atoms with E-state index in [1.54, 1.807) is 29.0 Å². The van der Waals surface area contributed by atoms with Gasteiger partial charge < -0.3 is 20.1 Å². The van der Waals surface area contributed by atoms with Crippen molar-refractivity contribution >= 4 is 85.5 Å². The van der Waals surface area contributed by atoms with E-state index in [1.807, 2.05) is 17.0 Å². The number of nitrogen functional groups attached to an aromatic ring is 1. The normalized spacial score (nSPS) is 11.7. The van der Waals surface area contributed by atoms with Gasteiger partial charge in [-0.15, -0.1) is 23.2 Å². The number of hydrogen-bond acceptors (Lipinski definition) is 8. The fourth-order valence-corrected chi connectivity index (χ4v) is 5.17. The van der Waals surface area contributed by atoms with Gasteiger partial charge in [0.1, 0.15) is 35.4 Å². The lowest BCUT2D eigenvalue weighted by Crippen LogP contribution is -2.33. The van der Waals surface area contributed by atoms with Crippen molar-refractivity contribution in [1.82, 2.24) is 29.2 Å². The van der Waals surface area contributed by atoms with Gasteiger partial charge in [0.05, 0.1) is 17.7 Å². The van der Waals surface area contributed by atoms with E-state index in [1.165, 1.54) is 4.52 Å². The Morgan fingerprint density at radius 3 is 1.71 bits per heavy atom. The first-order valence-electron chi connectivity index (χ1n) is 13.0. The number of anilines is 2. The molecule has 0 bridgehead atoms. The molecule has 0 aliphatic carbocycles. The number of aromatic nitrogens is 6. The standard InChI is InChI=1S/C18H33ClN4O2Si2.C6H5ClN4.CH2Cl2/c1-26(2,3)11-9-24-14-22(15-25-10-12-27(4,5)6)18-13-16(19)21-17-7-8-20-23(17)18;7-4-3-5(8)11-6(10-4)1-2-9-11;2-1-3/h7-8,13H,9-12,14-15H2,1-6H3;1-3H,8H2;1H2. The second-order valence-corrected chi connectivity index (χ2v) is 24.3. The number of halogens is 4. The van der Waals surface area contributed by atoms with Crippen molar-refractivity contribution in [2.75, 3.05) is 42.6 Å². The summed E-state index contributed by atoms with van der Waals surface area (Å²) in [5, 5.41) is 9.32. The maximum atomic E-state index is 6.22. The molecule has 228 valence electrons. The first-order valence-corrected chi connectivity index (χ1v) is 22.3. The minimum absolute atomic E-state index is 0.194. The Morgan fingerprint density at radius 2 is 1.22 bits per heavy atom. The lowest BCUT2D eigenvalue weighted by atomic mass is 10.5. The van der Waals surface area contributed by atoms with Crippen LogP contribution in [0.4, 0.5) is 11.6 Å². The van der Waals surface area contributed by atoms with Crippen LogP contribution in [0.1, 0.15) is 0 Å². The van der Waals surface area contributed by atoms with Crippen LogP contribution in [0.15, 0.2) is 36.7 Å². The summed E-state index contributed by atoms with van der Waals surface area (Å²) in [6.45, 7) is 16.5. The molecule has 10 nitrogen and oxygen atoms in total. The SMILES string of the molecule is C[Si](C)(C)CCOCN(COCC[Si](C)(C)C)c1cc(Cl)nc2ccnn12.ClCCl.Nc1cc(Cl)nc2ccnn12. The zero-order valence-electron chi connectivity index (χ0n) is 24.5. The van der Waals surface area contributed by atoms with E-state index >= 15 is 0 Å². The van der Waals surface area contributed by atoms with Crippen molar-refractivity contribution < 1.29 is 9.47 Å². The van der Waals surface area contributed by atoms with Crippen LogP contribution in [0.25, 0.3) is 11.3 Å². The van der Waals surface area contributed by atoms with Crippen LogP contribution in [0.3, 0.4) is 0 Å². The molecule has 2 N–H and O–H groups in total. The van der Waals surface area contributed by atoms with Gasteiger partial charge in [0.15, 0.2) is 11.3 Å². The van der Waals surface area contributed by atoms with E-state index in [0.717, 1.165) is 31.1 Å². The second kappa shape index (κ2) is 16.9. The third kappa shape index (κ3) is 13.0. The minimum Gasteiger partial charge on any atom is -0.383 e. The first-order chi connectivity index (χ1) is 19.2. The van der Waals surface area contributed by atoms with Crippen molar-refractivity contribution in [3.05, 3.63) is 47.0 Å². The first kappa shape index (κ1) is 35.5. The molecule has 4 rings (SSSR count). The third-order valence-corrected chi connectivity index (χ3v) is 9.27. The van der Waals surface area contributed by atoms with E-state index < -0.39 is 16.1 Å². The molecule has 0 aliphatic rings. The van der Waals surface area contributed by atoms with E-state index in [-0.39, 0.29) is 5.34 Å². The molecule has 0 fully saturated rings. The molecule has 4 aromatic heterocycles. The van der Waals surface area contributed by atoms with Gasteiger partial charge in [-0.25, -0.2) is 9.97 Å². The predicted molar refractivity (Wildman–Crippen MR) is 177 cm³/mol. The van der Waals surface area contributed by atoms with Crippen molar-refractivity contribution in [2.45, 2.75) is 51.4 Å². The quantitative estimate of drug-likeness (QED) is 0.0582. The van der Waals surface area contributed by atoms with Crippen LogP contribution >= 0.6 is 46.4 Å². The Bertz CT molecular complexity index is 1320. The molecular weight excluding hydrogens is 642 g/mol. The number of nitrogens with zero attached hydrogens (tertiary/aromatic N) is 7. The van der Waals surface area contributed by atoms with Crippen molar-refractivity contribution in [3.8, 4) is 0 Å². The van der Waals surface area contributed by atoms with Gasteiger partial charge in [0, 0.05) is 53.6 Å². The molecular formula is C25H40Cl4N8O2Si2. The van der Waals surface area contributed by atoms with Crippen LogP contribution in [0.5, 0.6) is 0 Å². The second-order valence-electron chi connectivity index (χ2n) is 11.5. The highest BCUT2D eigenvalue weighted by molar-refractivity contribution is 6.76. The fraction of sp³-hybridized carbons (Fsp3) is 0.520. The molecule has 4 aromatic rings. The Hall–Kier alpha value is -1.65. The molecule has 0 aromatic carbocycles. The number of fused-ring (bicyclic) bond motifs is 2. The summed E-state index contributed by atoms with van der Waals surface area (Å²) in [4.78, 5) is 10.3. The fourth-order valence-electron chi connectivity index (χ4n) is 3.27. The van der Waals surface area contributed by atoms with Crippen LogP contribution in [0.2, 0.25) is 61.7 Å². The van der Waals surface area contributed by atoms with E-state index in [4.69, 9.17) is 61.6 Å². The van der Waals surface area contributed by atoms with E-state index in [0.29, 0.717) is 40.9 Å². The predicted octanol–water partition coefficient (Wildman–Crippen LogP) is 7.20. The van der Waals surface area contributed by atoms with Gasteiger partial charge in [-0.2, -0.15) is 19.2 Å². The highest BCUT2D eigenvalue weighted by atomic mass is 35.5. The van der Waals surface area contributed by atoms with E-state index in [2.05, 4.69) is 59.4 Å². The van der Waals surface area contributed by atoms with Crippen LogP contribution < -0.4 is 10.6 Å². The lowest BCUT2D eigenvalue weighted by molar-refractivity contribution is 0.0942. The lowest BCUT2D eigenvalue weighted by Gasteiger charge is -2.26. The van der Waals surface area contributed by atoms with Crippen LogP contribution in [-0.2, 0) is 9.47 Å². The highest BCUT2D eigenvalue weighted by Gasteiger charge is 2.17. The number of rotatable bonds is 11. The van der Waals surface area contributed by atoms with Crippen LogP contribution in [0, 0.1) is 0 Å². The minimum atomic E-state index is -1.12. The van der Waals surface area contributed by atoms with Crippen LogP contribution in [-0.4, -0.2) is 77.4 Å². The monoisotopic (exact) mass is 680 g/mol. The Morgan fingerprint density at radius 1 is 0.780 bits per heavy atom. The van der Waals surface area contributed by atoms with Gasteiger partial charge in [-0.1, -0.05) is 62.5 Å². The average molecular weight is 683 g/mol. The molecule has 0 spiro atoms. The van der Waals surface area contributed by atoms with Gasteiger partial charge in [-0.3, -0.25) is 0 Å². The van der Waals surface area contributed by atoms with Crippen molar-refractivity contribution in [1.29, 1.82) is 0 Å². The third-order valence-electron chi connectivity index (χ3n) is 5.48. The summed E-state index contributed by atoms with van der Waals surface area (Å²) >= 11 is 21.4. The smallest absolute Gasteiger partial charge is 0.159 e. The number of nitrogens with two attached hydrogens (primary N) is 1. The molecule has 0 saturated heterocycles. The topological polar surface area (TPSA) is 108 Å². The molecule has 0 atom stereocenters. The van der Waals surface area contributed by atoms with Gasteiger partial charge in [-0.05, 0) is 12.1 Å². The molecule has 41 heavy (non-hydrogen) atoms. The average Bonchev–Trinajstić information content (AvgIpc) is 3.52. The maximum absolute atomic E-state index is 6.22. The number of alkyl halides is 2. The molecule has 0 amide bonds. The van der Waals surface area contributed by atoms with Gasteiger partial charge >= 0.3 is 0 Å². The molecule has 4 heterocycles. The number of ether oxygens (including phenoxy) is 2. The summed E-state index contributed by atoms with van der Waals surface area (Å²) in [5.41, 5.74) is 6.95. The largest absolute Gasteiger partial charge is 0.383 e. The summed E-state index contributed by atoms with van der Waals surface area (Å²) < 4.78 is 15.2. The summed E-state index contributed by atoms with van der Waals surface area (Å²) in [6.07, 6.45) is 3.34.